The fraction of sp³-hybridized carbons (Fsp3) is 0.118. The number of benzene rings is 2. The molecule has 0 aliphatic heterocycles. The Morgan fingerprint density at radius 2 is 1.57 bits per heavy atom. The molecular weight excluding hydrogens is 288 g/mol. The van der Waals surface area contributed by atoms with Crippen LogP contribution in [-0.2, 0) is 0 Å². The predicted octanol–water partition coefficient (Wildman–Crippen LogP) is 1.40. The summed E-state index contributed by atoms with van der Waals surface area (Å²) in [5.41, 5.74) is 1.75. The molecule has 0 bridgehead atoms. The van der Waals surface area contributed by atoms with Gasteiger partial charge in [-0.05, 0) is 42.5 Å². The predicted molar refractivity (Wildman–Crippen MR) is 79.2 cm³/mol. The summed E-state index contributed by atoms with van der Waals surface area (Å²) in [5.74, 6) is 2.36. The van der Waals surface area contributed by atoms with Crippen molar-refractivity contribution in [3.63, 3.8) is 0 Å². The van der Waals surface area contributed by atoms with E-state index in [4.69, 9.17) is 13.9 Å². The van der Waals surface area contributed by atoms with Gasteiger partial charge in [0.05, 0.1) is 25.2 Å². The first kappa shape index (κ1) is 15.1. The van der Waals surface area contributed by atoms with Gasteiger partial charge in [0.2, 0.25) is 5.75 Å². The maximum atomic E-state index is 5.98. The van der Waals surface area contributed by atoms with Crippen molar-refractivity contribution in [3.8, 4) is 22.8 Å². The summed E-state index contributed by atoms with van der Waals surface area (Å²) in [5, 5.41) is 1.02. The van der Waals surface area contributed by atoms with Crippen LogP contribution in [0.4, 0.5) is 0 Å². The van der Waals surface area contributed by atoms with Crippen molar-refractivity contribution >= 4 is 11.0 Å². The molecule has 0 saturated carbocycles. The molecule has 1 heterocycles. The van der Waals surface area contributed by atoms with E-state index >= 15 is 0 Å². The van der Waals surface area contributed by atoms with Crippen LogP contribution in [0.1, 0.15) is 0 Å². The van der Waals surface area contributed by atoms with Crippen LogP contribution in [0, 0.1) is 0 Å². The minimum atomic E-state index is 0. The normalized spacial score (nSPS) is 10.0. The van der Waals surface area contributed by atoms with Gasteiger partial charge in [-0.25, -0.2) is 4.42 Å². The van der Waals surface area contributed by atoms with Crippen LogP contribution in [0.3, 0.4) is 0 Å². The average Bonchev–Trinajstić information content (AvgIpc) is 2.54. The Balaban J connectivity index is 0.00000161. The van der Waals surface area contributed by atoms with E-state index in [0.717, 1.165) is 33.8 Å². The molecule has 0 saturated heterocycles. The molecule has 0 amide bonds. The fourth-order valence-corrected chi connectivity index (χ4v) is 2.15. The highest BCUT2D eigenvalue weighted by atomic mass is 35.5. The lowest BCUT2D eigenvalue weighted by Gasteiger charge is -2.00. The summed E-state index contributed by atoms with van der Waals surface area (Å²) in [6, 6.07) is 17.6. The summed E-state index contributed by atoms with van der Waals surface area (Å²) >= 11 is 0. The van der Waals surface area contributed by atoms with Crippen molar-refractivity contribution in [2.75, 3.05) is 14.2 Å². The van der Waals surface area contributed by atoms with Crippen LogP contribution in [0.15, 0.2) is 59.0 Å². The molecule has 108 valence electrons. The molecule has 0 radical (unpaired) electrons. The molecule has 0 spiro atoms. The lowest BCUT2D eigenvalue weighted by molar-refractivity contribution is -0.00000497. The van der Waals surface area contributed by atoms with Crippen LogP contribution in [-0.4, -0.2) is 14.2 Å². The van der Waals surface area contributed by atoms with Crippen molar-refractivity contribution in [2.24, 2.45) is 0 Å². The monoisotopic (exact) mass is 302 g/mol. The lowest BCUT2D eigenvalue weighted by Crippen LogP contribution is -3.00. The van der Waals surface area contributed by atoms with E-state index in [0.29, 0.717) is 0 Å². The van der Waals surface area contributed by atoms with Gasteiger partial charge < -0.3 is 21.9 Å². The van der Waals surface area contributed by atoms with Crippen molar-refractivity contribution in [1.82, 2.24) is 0 Å². The smallest absolute Gasteiger partial charge is 0.402 e. The topological polar surface area (TPSA) is 29.8 Å². The van der Waals surface area contributed by atoms with E-state index in [1.54, 1.807) is 14.2 Å². The molecule has 4 heteroatoms. The van der Waals surface area contributed by atoms with Crippen molar-refractivity contribution in [3.05, 3.63) is 54.6 Å². The Morgan fingerprint density at radius 1 is 0.810 bits per heavy atom. The second-order valence-corrected chi connectivity index (χ2v) is 4.41. The zero-order valence-corrected chi connectivity index (χ0v) is 12.6. The molecule has 0 aliphatic rings. The van der Waals surface area contributed by atoms with Gasteiger partial charge in [0, 0.05) is 6.07 Å². The van der Waals surface area contributed by atoms with Gasteiger partial charge in [-0.1, -0.05) is 6.07 Å². The van der Waals surface area contributed by atoms with Crippen molar-refractivity contribution in [2.45, 2.75) is 0 Å². The van der Waals surface area contributed by atoms with Gasteiger partial charge in [0.15, 0.2) is 0 Å². The Kier molecular flexibility index (Phi) is 4.66. The number of rotatable bonds is 3. The highest BCUT2D eigenvalue weighted by Crippen LogP contribution is 2.30. The highest BCUT2D eigenvalue weighted by Gasteiger charge is 2.18. The van der Waals surface area contributed by atoms with Gasteiger partial charge in [0.25, 0.3) is 0 Å². The maximum absolute atomic E-state index is 5.98. The first-order valence-corrected chi connectivity index (χ1v) is 6.36. The third kappa shape index (κ3) is 2.93. The standard InChI is InChI=1S/C17H15O3.ClH/c1-18-14-9-6-12(7-10-14)15-11-8-13-4-3-5-16(19-2)17(13)20-15;/h3-11H,1-2H3;1H/q+1;/p-1. The second kappa shape index (κ2) is 6.46. The molecule has 0 fully saturated rings. The minimum Gasteiger partial charge on any atom is -1.00 e. The van der Waals surface area contributed by atoms with E-state index in [-0.39, 0.29) is 12.4 Å². The van der Waals surface area contributed by atoms with E-state index in [1.807, 2.05) is 54.6 Å². The van der Waals surface area contributed by atoms with Gasteiger partial charge in [-0.3, -0.25) is 0 Å². The van der Waals surface area contributed by atoms with Gasteiger partial charge in [-0.15, -0.1) is 0 Å². The summed E-state index contributed by atoms with van der Waals surface area (Å²) in [6.45, 7) is 0. The third-order valence-electron chi connectivity index (χ3n) is 3.23. The van der Waals surface area contributed by atoms with Crippen LogP contribution in [0.5, 0.6) is 11.5 Å². The third-order valence-corrected chi connectivity index (χ3v) is 3.23. The molecule has 3 rings (SSSR count). The van der Waals surface area contributed by atoms with Crippen LogP contribution >= 0.6 is 0 Å². The number of hydrogen-bond donors (Lipinski definition) is 0. The molecule has 0 aliphatic carbocycles. The van der Waals surface area contributed by atoms with Crippen LogP contribution < -0.4 is 21.9 Å². The summed E-state index contributed by atoms with van der Waals surface area (Å²) in [6.07, 6.45) is 0. The van der Waals surface area contributed by atoms with E-state index in [2.05, 4.69) is 0 Å². The lowest BCUT2D eigenvalue weighted by atomic mass is 10.1. The molecule has 3 aromatic rings. The van der Waals surface area contributed by atoms with Gasteiger partial charge in [-0.2, -0.15) is 0 Å². The Morgan fingerprint density at radius 3 is 2.24 bits per heavy atom. The summed E-state index contributed by atoms with van der Waals surface area (Å²) in [7, 11) is 3.30. The molecule has 21 heavy (non-hydrogen) atoms. The first-order valence-electron chi connectivity index (χ1n) is 6.36. The van der Waals surface area contributed by atoms with E-state index < -0.39 is 0 Å². The Hall–Kier alpha value is -2.26. The molecule has 0 N–H and O–H groups in total. The van der Waals surface area contributed by atoms with Crippen LogP contribution in [0.25, 0.3) is 22.3 Å². The zero-order valence-electron chi connectivity index (χ0n) is 11.8. The second-order valence-electron chi connectivity index (χ2n) is 4.41. The SMILES string of the molecule is COc1ccc(-c2ccc3cccc(OC)c3[o+]2)cc1.[Cl-]. The summed E-state index contributed by atoms with van der Waals surface area (Å²) in [4.78, 5) is 0. The van der Waals surface area contributed by atoms with Crippen molar-refractivity contribution < 1.29 is 26.3 Å². The number of ether oxygens (including phenoxy) is 2. The van der Waals surface area contributed by atoms with Crippen molar-refractivity contribution in [1.29, 1.82) is 0 Å². The molecule has 0 unspecified atom stereocenters. The number of hydrogen-bond acceptors (Lipinski definition) is 2. The first-order chi connectivity index (χ1) is 9.81. The van der Waals surface area contributed by atoms with Gasteiger partial charge in [0.1, 0.15) is 5.75 Å². The van der Waals surface area contributed by atoms with Crippen LogP contribution in [0.2, 0.25) is 0 Å². The number of fused-ring (bicyclic) bond motifs is 1. The van der Waals surface area contributed by atoms with E-state index in [9.17, 15) is 0 Å². The van der Waals surface area contributed by atoms with Gasteiger partial charge >= 0.3 is 11.3 Å². The Bertz CT molecular complexity index is 739. The van der Waals surface area contributed by atoms with E-state index in [1.165, 1.54) is 0 Å². The number of halogens is 1. The molecular formula is C17H15ClO3. The molecule has 2 aromatic carbocycles. The fourth-order valence-electron chi connectivity index (χ4n) is 2.15. The Labute approximate surface area is 129 Å². The average molecular weight is 303 g/mol. The molecule has 1 aromatic heterocycles. The minimum absolute atomic E-state index is 0. The molecule has 3 nitrogen and oxygen atoms in total. The maximum Gasteiger partial charge on any atom is 0.402 e. The number of methoxy groups -OCH3 is 2. The largest absolute Gasteiger partial charge is 1.00 e. The molecule has 0 atom stereocenters. The summed E-state index contributed by atoms with van der Waals surface area (Å²) < 4.78 is 16.5. The number of para-hydroxylation sites is 1. The zero-order chi connectivity index (χ0) is 13.9. The highest BCUT2D eigenvalue weighted by molar-refractivity contribution is 5.84. The quantitative estimate of drug-likeness (QED) is 0.685.